The number of likely N-dealkylation sites (N-methyl/N-ethyl adjacent to an activating group) is 1. The van der Waals surface area contributed by atoms with E-state index in [1.54, 1.807) is 42.7 Å². The average Bonchev–Trinajstić information content (AvgIpc) is 2.85. The van der Waals surface area contributed by atoms with Crippen LogP contribution in [0.15, 0.2) is 60.9 Å². The summed E-state index contributed by atoms with van der Waals surface area (Å²) in [7, 11) is 2.02. The first-order chi connectivity index (χ1) is 17.2. The largest absolute Gasteiger partial charge is 0.416 e. The molecule has 1 aromatic heterocycles. The smallest absolute Gasteiger partial charge is 0.322 e. The minimum Gasteiger partial charge on any atom is -0.322 e. The third-order valence-electron chi connectivity index (χ3n) is 6.08. The third kappa shape index (κ3) is 6.72. The zero-order valence-corrected chi connectivity index (χ0v) is 20.2. The Hall–Kier alpha value is -3.67. The van der Waals surface area contributed by atoms with E-state index in [2.05, 4.69) is 31.9 Å². The maximum atomic E-state index is 13.6. The number of alkyl halides is 3. The minimum atomic E-state index is -4.52. The number of aryl methyl sites for hydroxylation is 1. The topological polar surface area (TPSA) is 48.5 Å². The molecule has 8 heteroatoms. The molecule has 1 amide bonds. The van der Waals surface area contributed by atoms with Crippen molar-refractivity contribution in [3.8, 4) is 11.8 Å². The van der Waals surface area contributed by atoms with Crippen LogP contribution in [0.25, 0.3) is 0 Å². The summed E-state index contributed by atoms with van der Waals surface area (Å²) in [6.07, 6.45) is -1.21. The summed E-state index contributed by atoms with van der Waals surface area (Å²) in [5.74, 6) is 5.57. The Labute approximate surface area is 209 Å². The number of hydrogen-bond acceptors (Lipinski definition) is 4. The number of piperazine rings is 1. The Morgan fingerprint density at radius 3 is 2.53 bits per heavy atom. The molecular weight excluding hydrogens is 465 g/mol. The Balaban J connectivity index is 1.56. The van der Waals surface area contributed by atoms with Crippen molar-refractivity contribution in [3.05, 3.63) is 94.3 Å². The number of amides is 1. The zero-order valence-electron chi connectivity index (χ0n) is 20.2. The molecule has 186 valence electrons. The maximum absolute atomic E-state index is 13.6. The molecule has 3 aromatic rings. The molecule has 4 rings (SSSR count). The highest BCUT2D eigenvalue weighted by atomic mass is 19.4. The van der Waals surface area contributed by atoms with Gasteiger partial charge in [0.25, 0.3) is 5.91 Å². The monoisotopic (exact) mass is 492 g/mol. The number of carbonyl (C=O) groups excluding carboxylic acids is 1. The highest BCUT2D eigenvalue weighted by Gasteiger charge is 2.31. The van der Waals surface area contributed by atoms with Crippen LogP contribution in [0.2, 0.25) is 0 Å². The first-order valence-corrected chi connectivity index (χ1v) is 11.6. The van der Waals surface area contributed by atoms with Crippen molar-refractivity contribution < 1.29 is 18.0 Å². The van der Waals surface area contributed by atoms with Gasteiger partial charge >= 0.3 is 6.18 Å². The van der Waals surface area contributed by atoms with Gasteiger partial charge in [-0.15, -0.1) is 0 Å². The van der Waals surface area contributed by atoms with Crippen LogP contribution in [0.1, 0.15) is 38.2 Å². The fourth-order valence-corrected chi connectivity index (χ4v) is 3.96. The van der Waals surface area contributed by atoms with Gasteiger partial charge in [0.05, 0.1) is 5.56 Å². The first kappa shape index (κ1) is 25.4. The molecule has 2 heterocycles. The number of halogens is 3. The van der Waals surface area contributed by atoms with Crippen molar-refractivity contribution in [1.82, 2.24) is 14.8 Å². The zero-order chi connectivity index (χ0) is 25.7. The number of nitrogens with one attached hydrogen (secondary N) is 1. The number of aromatic nitrogens is 1. The molecule has 0 unspecified atom stereocenters. The predicted octanol–water partition coefficient (Wildman–Crippen LogP) is 4.81. The molecule has 0 spiro atoms. The fourth-order valence-electron chi connectivity index (χ4n) is 3.96. The summed E-state index contributed by atoms with van der Waals surface area (Å²) in [5.41, 5.74) is 2.44. The normalized spacial score (nSPS) is 14.7. The molecule has 5 nitrogen and oxygen atoms in total. The van der Waals surface area contributed by atoms with E-state index in [4.69, 9.17) is 0 Å². The number of nitrogens with zero attached hydrogens (tertiary/aromatic N) is 3. The van der Waals surface area contributed by atoms with Gasteiger partial charge in [-0.3, -0.25) is 14.7 Å². The number of anilines is 1. The summed E-state index contributed by atoms with van der Waals surface area (Å²) in [4.78, 5) is 21.3. The van der Waals surface area contributed by atoms with E-state index in [1.165, 1.54) is 0 Å². The van der Waals surface area contributed by atoms with Gasteiger partial charge in [0.2, 0.25) is 0 Å². The standard InChI is InChI=1S/C28H27F3N4O/c1-20-5-7-24(16-23(20)8-6-21-4-3-9-32-18-21)27(36)33-26-15-22(14-25(17-26)28(29,30)31)19-35-12-10-34(2)11-13-35/h3-5,7,9,14-18H,10-13,19H2,1-2H3,(H,33,36). The molecule has 0 aliphatic carbocycles. The van der Waals surface area contributed by atoms with E-state index >= 15 is 0 Å². The van der Waals surface area contributed by atoms with E-state index < -0.39 is 17.6 Å². The van der Waals surface area contributed by atoms with Gasteiger partial charge < -0.3 is 10.2 Å². The molecule has 36 heavy (non-hydrogen) atoms. The molecule has 1 N–H and O–H groups in total. The second-order valence-electron chi connectivity index (χ2n) is 8.97. The molecular formula is C28H27F3N4O. The lowest BCUT2D eigenvalue weighted by Gasteiger charge is -2.32. The van der Waals surface area contributed by atoms with Crippen molar-refractivity contribution in [3.63, 3.8) is 0 Å². The average molecular weight is 493 g/mol. The highest BCUT2D eigenvalue weighted by Crippen LogP contribution is 2.32. The van der Waals surface area contributed by atoms with Crippen LogP contribution in [0, 0.1) is 18.8 Å². The lowest BCUT2D eigenvalue weighted by molar-refractivity contribution is -0.137. The fraction of sp³-hybridized carbons (Fsp3) is 0.286. The van der Waals surface area contributed by atoms with Crippen LogP contribution in [-0.2, 0) is 12.7 Å². The van der Waals surface area contributed by atoms with Crippen LogP contribution in [0.5, 0.6) is 0 Å². The Morgan fingerprint density at radius 2 is 1.83 bits per heavy atom. The van der Waals surface area contributed by atoms with Crippen LogP contribution in [0.3, 0.4) is 0 Å². The number of benzene rings is 2. The van der Waals surface area contributed by atoms with Gasteiger partial charge in [-0.1, -0.05) is 17.9 Å². The van der Waals surface area contributed by atoms with Gasteiger partial charge in [0.15, 0.2) is 0 Å². The van der Waals surface area contributed by atoms with Gasteiger partial charge in [0, 0.05) is 67.5 Å². The van der Waals surface area contributed by atoms with Crippen molar-refractivity contribution in [2.75, 3.05) is 38.5 Å². The second kappa shape index (κ2) is 10.9. The Kier molecular flexibility index (Phi) is 7.73. The van der Waals surface area contributed by atoms with Crippen LogP contribution < -0.4 is 5.32 Å². The summed E-state index contributed by atoms with van der Waals surface area (Å²) in [6.45, 7) is 5.55. The molecule has 2 aromatic carbocycles. The molecule has 0 atom stereocenters. The number of rotatable bonds is 4. The molecule has 0 radical (unpaired) electrons. The van der Waals surface area contributed by atoms with E-state index in [-0.39, 0.29) is 5.69 Å². The lowest BCUT2D eigenvalue weighted by atomic mass is 10.0. The van der Waals surface area contributed by atoms with E-state index in [0.29, 0.717) is 23.2 Å². The summed E-state index contributed by atoms with van der Waals surface area (Å²) >= 11 is 0. The predicted molar refractivity (Wildman–Crippen MR) is 134 cm³/mol. The van der Waals surface area contributed by atoms with Gasteiger partial charge in [-0.25, -0.2) is 0 Å². The molecule has 1 aliphatic rings. The van der Waals surface area contributed by atoms with E-state index in [1.807, 2.05) is 20.0 Å². The van der Waals surface area contributed by atoms with Crippen LogP contribution in [-0.4, -0.2) is 53.9 Å². The molecule has 1 saturated heterocycles. The van der Waals surface area contributed by atoms with E-state index in [0.717, 1.165) is 49.4 Å². The highest BCUT2D eigenvalue weighted by molar-refractivity contribution is 6.04. The first-order valence-electron chi connectivity index (χ1n) is 11.6. The van der Waals surface area contributed by atoms with E-state index in [9.17, 15) is 18.0 Å². The Bertz CT molecular complexity index is 1290. The van der Waals surface area contributed by atoms with Gasteiger partial charge in [0.1, 0.15) is 0 Å². The maximum Gasteiger partial charge on any atom is 0.416 e. The number of carbonyl (C=O) groups is 1. The minimum absolute atomic E-state index is 0.113. The molecule has 0 saturated carbocycles. The molecule has 0 bridgehead atoms. The van der Waals surface area contributed by atoms with Gasteiger partial charge in [-0.05, 0) is 67.6 Å². The summed E-state index contributed by atoms with van der Waals surface area (Å²) < 4.78 is 40.8. The van der Waals surface area contributed by atoms with Crippen molar-refractivity contribution in [2.45, 2.75) is 19.6 Å². The number of hydrogen-bond donors (Lipinski definition) is 1. The van der Waals surface area contributed by atoms with Crippen molar-refractivity contribution in [1.29, 1.82) is 0 Å². The van der Waals surface area contributed by atoms with Crippen LogP contribution >= 0.6 is 0 Å². The quantitative estimate of drug-likeness (QED) is 0.532. The van der Waals surface area contributed by atoms with Gasteiger partial charge in [-0.2, -0.15) is 13.2 Å². The third-order valence-corrected chi connectivity index (χ3v) is 6.08. The summed E-state index contributed by atoms with van der Waals surface area (Å²) in [6, 6.07) is 12.4. The Morgan fingerprint density at radius 1 is 1.06 bits per heavy atom. The van der Waals surface area contributed by atoms with Crippen LogP contribution in [0.4, 0.5) is 18.9 Å². The molecule has 1 fully saturated rings. The van der Waals surface area contributed by atoms with Crippen molar-refractivity contribution in [2.24, 2.45) is 0 Å². The molecule has 1 aliphatic heterocycles. The summed E-state index contributed by atoms with van der Waals surface area (Å²) in [5, 5.41) is 2.65. The SMILES string of the molecule is Cc1ccc(C(=O)Nc2cc(CN3CCN(C)CC3)cc(C(F)(F)F)c2)cc1C#Cc1cccnc1. The van der Waals surface area contributed by atoms with Crippen molar-refractivity contribution >= 4 is 11.6 Å². The number of pyridine rings is 1. The lowest BCUT2D eigenvalue weighted by Crippen LogP contribution is -2.43. The second-order valence-corrected chi connectivity index (χ2v) is 8.97.